The zero-order valence-electron chi connectivity index (χ0n) is 14.6. The Kier molecular flexibility index (Phi) is 6.23. The molecule has 0 bridgehead atoms. The zero-order chi connectivity index (χ0) is 17.6. The number of aromatic nitrogens is 1. The minimum absolute atomic E-state index is 0.0884. The fourth-order valence-corrected chi connectivity index (χ4v) is 3.83. The molecule has 0 radical (unpaired) electrons. The van der Waals surface area contributed by atoms with Crippen molar-refractivity contribution < 1.29 is 14.3 Å². The van der Waals surface area contributed by atoms with Gasteiger partial charge in [0.25, 0.3) is 5.91 Å². The Hall–Kier alpha value is -1.70. The van der Waals surface area contributed by atoms with Gasteiger partial charge in [0.15, 0.2) is 5.76 Å². The number of hydrogen-bond acceptors (Lipinski definition) is 6. The summed E-state index contributed by atoms with van der Waals surface area (Å²) in [6.45, 7) is 4.83. The molecule has 3 rings (SSSR count). The maximum atomic E-state index is 12.8. The lowest BCUT2D eigenvalue weighted by atomic mass is 10.1. The molecular formula is C18H25N3O3S. The fraction of sp³-hybridized carbons (Fsp3) is 0.556. The molecule has 0 spiro atoms. The van der Waals surface area contributed by atoms with Crippen LogP contribution in [-0.4, -0.2) is 52.0 Å². The number of hydrogen-bond donors (Lipinski definition) is 1. The van der Waals surface area contributed by atoms with E-state index in [1.54, 1.807) is 17.2 Å². The van der Waals surface area contributed by atoms with E-state index < -0.39 is 0 Å². The summed E-state index contributed by atoms with van der Waals surface area (Å²) in [5, 5.41) is 12.0. The Morgan fingerprint density at radius 3 is 2.88 bits per heavy atom. The molecule has 1 N–H and O–H groups in total. The first kappa shape index (κ1) is 18.1. The summed E-state index contributed by atoms with van der Waals surface area (Å²) in [5.41, 5.74) is 0. The third kappa shape index (κ3) is 4.48. The number of carbonyl (C=O) groups is 1. The van der Waals surface area contributed by atoms with E-state index in [9.17, 15) is 9.90 Å². The highest BCUT2D eigenvalue weighted by Crippen LogP contribution is 2.26. The van der Waals surface area contributed by atoms with Gasteiger partial charge in [-0.25, -0.2) is 4.98 Å². The lowest BCUT2D eigenvalue weighted by Crippen LogP contribution is -2.33. The summed E-state index contributed by atoms with van der Waals surface area (Å²) in [5.74, 6) is 0.939. The second kappa shape index (κ2) is 8.60. The number of rotatable bonds is 7. The Morgan fingerprint density at radius 1 is 1.40 bits per heavy atom. The van der Waals surface area contributed by atoms with Crippen molar-refractivity contribution in [3.63, 3.8) is 0 Å². The molecule has 1 atom stereocenters. The summed E-state index contributed by atoms with van der Waals surface area (Å²) in [4.78, 5) is 20.9. The van der Waals surface area contributed by atoms with Crippen molar-refractivity contribution in [1.29, 1.82) is 0 Å². The summed E-state index contributed by atoms with van der Waals surface area (Å²) < 4.78 is 5.88. The van der Waals surface area contributed by atoms with Gasteiger partial charge in [0.2, 0.25) is 0 Å². The van der Waals surface area contributed by atoms with E-state index in [2.05, 4.69) is 16.8 Å². The van der Waals surface area contributed by atoms with Crippen molar-refractivity contribution in [1.82, 2.24) is 14.8 Å². The van der Waals surface area contributed by atoms with Crippen LogP contribution in [0.4, 0.5) is 0 Å². The predicted octanol–water partition coefficient (Wildman–Crippen LogP) is 2.92. The monoisotopic (exact) mass is 363 g/mol. The fourth-order valence-electron chi connectivity index (χ4n) is 3.20. The number of furan rings is 1. The molecule has 1 aliphatic rings. The Labute approximate surface area is 152 Å². The number of thiazole rings is 1. The van der Waals surface area contributed by atoms with E-state index in [0.717, 1.165) is 23.9 Å². The third-order valence-electron chi connectivity index (χ3n) is 4.65. The molecule has 0 saturated carbocycles. The van der Waals surface area contributed by atoms with Crippen LogP contribution in [0.1, 0.15) is 53.6 Å². The van der Waals surface area contributed by atoms with Crippen LogP contribution in [-0.2, 0) is 6.54 Å². The van der Waals surface area contributed by atoms with Gasteiger partial charge in [-0.05, 0) is 45.0 Å². The smallest absolute Gasteiger partial charge is 0.290 e. The Morgan fingerprint density at radius 2 is 2.20 bits per heavy atom. The third-order valence-corrected chi connectivity index (χ3v) is 5.42. The number of nitrogens with zero attached hydrogens (tertiary/aromatic N) is 3. The summed E-state index contributed by atoms with van der Waals surface area (Å²) in [6.07, 6.45) is 5.44. The van der Waals surface area contributed by atoms with Gasteiger partial charge < -0.3 is 14.4 Å². The summed E-state index contributed by atoms with van der Waals surface area (Å²) in [7, 11) is 0. The molecule has 7 heteroatoms. The molecule has 6 nitrogen and oxygen atoms in total. The highest BCUT2D eigenvalue weighted by atomic mass is 32.1. The number of likely N-dealkylation sites (tertiary alicyclic amines) is 1. The number of piperidine rings is 1. The van der Waals surface area contributed by atoms with Gasteiger partial charge in [-0.3, -0.25) is 9.69 Å². The first-order valence-electron chi connectivity index (χ1n) is 8.81. The molecule has 25 heavy (non-hydrogen) atoms. The van der Waals surface area contributed by atoms with E-state index >= 15 is 0 Å². The van der Waals surface area contributed by atoms with Gasteiger partial charge in [0.05, 0.1) is 19.2 Å². The Bertz CT molecular complexity index is 665. The van der Waals surface area contributed by atoms with Crippen LogP contribution in [0, 0.1) is 0 Å². The normalized spacial score (nSPS) is 16.7. The van der Waals surface area contributed by atoms with E-state index in [1.807, 2.05) is 11.4 Å². The standard InChI is InChI=1S/C18H25N3O3S/c1-14(20-8-3-2-4-9-20)15-5-6-16(24-15)18(23)21(10-11-22)13-17-19-7-12-25-17/h5-7,12,14,22H,2-4,8-11,13H2,1H3/t14-/m0/s1. The van der Waals surface area contributed by atoms with Crippen LogP contribution in [0.15, 0.2) is 28.1 Å². The van der Waals surface area contributed by atoms with Crippen molar-refractivity contribution in [3.8, 4) is 0 Å². The molecule has 1 saturated heterocycles. The summed E-state index contributed by atoms with van der Waals surface area (Å²) >= 11 is 1.49. The molecule has 3 heterocycles. The number of aliphatic hydroxyl groups is 1. The molecule has 136 valence electrons. The van der Waals surface area contributed by atoms with Crippen LogP contribution in [0.3, 0.4) is 0 Å². The minimum atomic E-state index is -0.207. The summed E-state index contributed by atoms with van der Waals surface area (Å²) in [6, 6.07) is 3.81. The quantitative estimate of drug-likeness (QED) is 0.819. The second-order valence-electron chi connectivity index (χ2n) is 6.35. The molecule has 2 aromatic rings. The van der Waals surface area contributed by atoms with Crippen LogP contribution in [0.25, 0.3) is 0 Å². The molecule has 1 amide bonds. The minimum Gasteiger partial charge on any atom is -0.454 e. The average Bonchev–Trinajstić information content (AvgIpc) is 3.33. The maximum absolute atomic E-state index is 12.8. The van der Waals surface area contributed by atoms with Crippen LogP contribution in [0.5, 0.6) is 0 Å². The molecular weight excluding hydrogens is 338 g/mol. The molecule has 2 aromatic heterocycles. The second-order valence-corrected chi connectivity index (χ2v) is 7.33. The average molecular weight is 363 g/mol. The van der Waals surface area contributed by atoms with Gasteiger partial charge in [0, 0.05) is 18.1 Å². The number of aliphatic hydroxyl groups excluding tert-OH is 1. The predicted molar refractivity (Wildman–Crippen MR) is 96.5 cm³/mol. The molecule has 0 unspecified atom stereocenters. The van der Waals surface area contributed by atoms with Crippen molar-refractivity contribution >= 4 is 17.2 Å². The van der Waals surface area contributed by atoms with E-state index in [0.29, 0.717) is 12.3 Å². The van der Waals surface area contributed by atoms with Crippen LogP contribution >= 0.6 is 11.3 Å². The lowest BCUT2D eigenvalue weighted by molar-refractivity contribution is 0.0668. The van der Waals surface area contributed by atoms with E-state index in [-0.39, 0.29) is 25.1 Å². The van der Waals surface area contributed by atoms with Gasteiger partial charge in [0.1, 0.15) is 10.8 Å². The van der Waals surface area contributed by atoms with E-state index in [4.69, 9.17) is 4.42 Å². The van der Waals surface area contributed by atoms with Gasteiger partial charge in [-0.2, -0.15) is 0 Å². The highest BCUT2D eigenvalue weighted by Gasteiger charge is 2.24. The molecule has 0 aromatic carbocycles. The van der Waals surface area contributed by atoms with Gasteiger partial charge in [-0.1, -0.05) is 6.42 Å². The highest BCUT2D eigenvalue weighted by molar-refractivity contribution is 7.09. The van der Waals surface area contributed by atoms with E-state index in [1.165, 1.54) is 30.6 Å². The largest absolute Gasteiger partial charge is 0.454 e. The number of carbonyl (C=O) groups excluding carboxylic acids is 1. The number of amides is 1. The van der Waals surface area contributed by atoms with Crippen molar-refractivity contribution in [2.45, 2.75) is 38.8 Å². The molecule has 1 aliphatic heterocycles. The topological polar surface area (TPSA) is 69.8 Å². The first-order chi connectivity index (χ1) is 12.2. The van der Waals surface area contributed by atoms with Crippen molar-refractivity contribution in [3.05, 3.63) is 40.2 Å². The first-order valence-corrected chi connectivity index (χ1v) is 9.69. The van der Waals surface area contributed by atoms with Gasteiger partial charge >= 0.3 is 0 Å². The lowest BCUT2D eigenvalue weighted by Gasteiger charge is -2.31. The maximum Gasteiger partial charge on any atom is 0.290 e. The molecule has 0 aliphatic carbocycles. The van der Waals surface area contributed by atoms with Crippen molar-refractivity contribution in [2.24, 2.45) is 0 Å². The molecule has 1 fully saturated rings. The van der Waals surface area contributed by atoms with Gasteiger partial charge in [-0.15, -0.1) is 11.3 Å². The van der Waals surface area contributed by atoms with Crippen molar-refractivity contribution in [2.75, 3.05) is 26.2 Å². The Balaban J connectivity index is 1.69. The SMILES string of the molecule is C[C@@H](c1ccc(C(=O)N(CCO)Cc2nccs2)o1)N1CCCCC1. The van der Waals surface area contributed by atoms with Crippen LogP contribution < -0.4 is 0 Å². The van der Waals surface area contributed by atoms with Crippen LogP contribution in [0.2, 0.25) is 0 Å². The zero-order valence-corrected chi connectivity index (χ0v) is 15.4.